The molecule has 1 aliphatic rings. The van der Waals surface area contributed by atoms with Crippen LogP contribution in [0.3, 0.4) is 0 Å². The summed E-state index contributed by atoms with van der Waals surface area (Å²) in [6, 6.07) is 42.2. The van der Waals surface area contributed by atoms with Gasteiger partial charge in [-0.05, 0) is 87.7 Å². The molecule has 0 atom stereocenters. The Bertz CT molecular complexity index is 1770. The molecule has 1 nitrogen and oxygen atoms in total. The molecule has 186 valence electrons. The van der Waals surface area contributed by atoms with E-state index in [0.29, 0.717) is 0 Å². The van der Waals surface area contributed by atoms with Gasteiger partial charge >= 0.3 is 0 Å². The molecule has 38 heavy (non-hydrogen) atoms. The third-order valence-corrected chi connectivity index (χ3v) is 10.1. The molecule has 2 heteroatoms. The van der Waals surface area contributed by atoms with Crippen LogP contribution in [0.4, 0.5) is 17.1 Å². The highest BCUT2D eigenvalue weighted by Crippen LogP contribution is 2.55. The van der Waals surface area contributed by atoms with Crippen molar-refractivity contribution in [2.75, 3.05) is 4.90 Å². The first kappa shape index (κ1) is 23.3. The third-order valence-electron chi connectivity index (χ3n) is 9.01. The quantitative estimate of drug-likeness (QED) is 0.229. The second-order valence-corrected chi connectivity index (χ2v) is 12.6. The van der Waals surface area contributed by atoms with Crippen LogP contribution in [-0.2, 0) is 10.8 Å². The smallest absolute Gasteiger partial charge is 0.0468 e. The van der Waals surface area contributed by atoms with Gasteiger partial charge in [0.15, 0.2) is 0 Å². The number of para-hydroxylation sites is 2. The Morgan fingerprint density at radius 1 is 0.474 bits per heavy atom. The average Bonchev–Trinajstić information content (AvgIpc) is 3.30. The molecule has 0 saturated heterocycles. The van der Waals surface area contributed by atoms with Gasteiger partial charge in [-0.25, -0.2) is 0 Å². The van der Waals surface area contributed by atoms with E-state index in [2.05, 4.69) is 148 Å². The molecular formula is C36H31NS. The lowest BCUT2D eigenvalue weighted by Gasteiger charge is -2.48. The van der Waals surface area contributed by atoms with E-state index in [4.69, 9.17) is 0 Å². The molecule has 0 aliphatic heterocycles. The van der Waals surface area contributed by atoms with E-state index >= 15 is 0 Å². The predicted molar refractivity (Wildman–Crippen MR) is 166 cm³/mol. The van der Waals surface area contributed by atoms with E-state index < -0.39 is 0 Å². The Balaban J connectivity index is 1.48. The molecule has 0 unspecified atom stereocenters. The summed E-state index contributed by atoms with van der Waals surface area (Å²) in [5.74, 6) is 0. The molecular weight excluding hydrogens is 478 g/mol. The highest BCUT2D eigenvalue weighted by atomic mass is 32.1. The topological polar surface area (TPSA) is 3.24 Å². The third kappa shape index (κ3) is 3.30. The van der Waals surface area contributed by atoms with Crippen molar-refractivity contribution in [1.82, 2.24) is 0 Å². The Labute approximate surface area is 229 Å². The Morgan fingerprint density at radius 2 is 1.05 bits per heavy atom. The zero-order valence-corrected chi connectivity index (χ0v) is 23.1. The molecule has 6 aromatic rings. The van der Waals surface area contributed by atoms with E-state index in [-0.39, 0.29) is 10.8 Å². The summed E-state index contributed by atoms with van der Waals surface area (Å²) < 4.78 is 2.68. The number of hydrogen-bond donors (Lipinski definition) is 0. The van der Waals surface area contributed by atoms with Crippen molar-refractivity contribution in [3.05, 3.63) is 126 Å². The first-order chi connectivity index (χ1) is 18.4. The van der Waals surface area contributed by atoms with Gasteiger partial charge in [0, 0.05) is 37.2 Å². The second kappa shape index (κ2) is 8.31. The average molecular weight is 510 g/mol. The van der Waals surface area contributed by atoms with Gasteiger partial charge in [0.1, 0.15) is 0 Å². The van der Waals surface area contributed by atoms with Crippen LogP contribution in [0.1, 0.15) is 38.8 Å². The fraction of sp³-hybridized carbons (Fsp3) is 0.167. The zero-order chi connectivity index (χ0) is 26.1. The van der Waals surface area contributed by atoms with Gasteiger partial charge in [-0.3, -0.25) is 0 Å². The molecule has 0 saturated carbocycles. The predicted octanol–water partition coefficient (Wildman–Crippen LogP) is 10.8. The number of hydrogen-bond acceptors (Lipinski definition) is 2. The van der Waals surface area contributed by atoms with Crippen LogP contribution in [0.25, 0.3) is 31.3 Å². The standard InChI is InChI=1S/C36H31NS/c1-35(2)31-18-12-11-17-27(31)28-23-34-30(22-32(28)36(35,3)4)29-21-26(19-20-33(29)38-34)37(24-13-7-5-8-14-24)25-15-9-6-10-16-25/h5-23H,1-4H3. The lowest BCUT2D eigenvalue weighted by Crippen LogP contribution is -2.43. The normalized spacial score (nSPS) is 15.3. The van der Waals surface area contributed by atoms with E-state index in [1.807, 2.05) is 11.3 Å². The van der Waals surface area contributed by atoms with Gasteiger partial charge < -0.3 is 4.90 Å². The molecule has 0 N–H and O–H groups in total. The lowest BCUT2D eigenvalue weighted by atomic mass is 9.55. The molecule has 0 spiro atoms. The highest BCUT2D eigenvalue weighted by molar-refractivity contribution is 7.25. The van der Waals surface area contributed by atoms with E-state index in [1.54, 1.807) is 0 Å². The molecule has 1 heterocycles. The largest absolute Gasteiger partial charge is 0.310 e. The van der Waals surface area contributed by atoms with Gasteiger partial charge in [0.05, 0.1) is 0 Å². The van der Waals surface area contributed by atoms with Gasteiger partial charge in [-0.15, -0.1) is 11.3 Å². The van der Waals surface area contributed by atoms with Gasteiger partial charge in [0.25, 0.3) is 0 Å². The van der Waals surface area contributed by atoms with E-state index in [0.717, 1.165) is 11.4 Å². The molecule has 0 bridgehead atoms. The molecule has 0 amide bonds. The maximum atomic E-state index is 2.50. The monoisotopic (exact) mass is 509 g/mol. The summed E-state index contributed by atoms with van der Waals surface area (Å²) in [7, 11) is 0. The van der Waals surface area contributed by atoms with Gasteiger partial charge in [0.2, 0.25) is 0 Å². The first-order valence-corrected chi connectivity index (χ1v) is 14.2. The summed E-state index contributed by atoms with van der Waals surface area (Å²) >= 11 is 1.90. The molecule has 0 fully saturated rings. The highest BCUT2D eigenvalue weighted by Gasteiger charge is 2.45. The van der Waals surface area contributed by atoms with Crippen LogP contribution in [0.5, 0.6) is 0 Å². The van der Waals surface area contributed by atoms with Crippen molar-refractivity contribution >= 4 is 48.6 Å². The summed E-state index contributed by atoms with van der Waals surface area (Å²) in [6.07, 6.45) is 0. The summed E-state index contributed by atoms with van der Waals surface area (Å²) in [6.45, 7) is 9.64. The van der Waals surface area contributed by atoms with Crippen molar-refractivity contribution < 1.29 is 0 Å². The van der Waals surface area contributed by atoms with Crippen LogP contribution in [0.2, 0.25) is 0 Å². The molecule has 0 radical (unpaired) electrons. The van der Waals surface area contributed by atoms with Crippen LogP contribution in [0.15, 0.2) is 115 Å². The number of benzene rings is 5. The van der Waals surface area contributed by atoms with Crippen molar-refractivity contribution in [1.29, 1.82) is 0 Å². The molecule has 1 aliphatic carbocycles. The lowest BCUT2D eigenvalue weighted by molar-refractivity contribution is 0.299. The second-order valence-electron chi connectivity index (χ2n) is 11.5. The summed E-state index contributed by atoms with van der Waals surface area (Å²) in [5.41, 5.74) is 9.19. The number of thiophene rings is 1. The fourth-order valence-electron chi connectivity index (χ4n) is 6.23. The van der Waals surface area contributed by atoms with Crippen LogP contribution >= 0.6 is 11.3 Å². The maximum absolute atomic E-state index is 2.50. The minimum absolute atomic E-state index is 0.00312. The fourth-order valence-corrected chi connectivity index (χ4v) is 7.33. The van der Waals surface area contributed by atoms with Crippen LogP contribution < -0.4 is 4.90 Å². The number of anilines is 3. The van der Waals surface area contributed by atoms with Crippen molar-refractivity contribution in [3.63, 3.8) is 0 Å². The van der Waals surface area contributed by atoms with Gasteiger partial charge in [-0.1, -0.05) is 88.4 Å². The summed E-state index contributed by atoms with van der Waals surface area (Å²) in [5, 5.41) is 2.68. The Hall–Kier alpha value is -3.88. The van der Waals surface area contributed by atoms with Crippen LogP contribution in [0, 0.1) is 0 Å². The Kier molecular flexibility index (Phi) is 5.09. The maximum Gasteiger partial charge on any atom is 0.0468 e. The van der Waals surface area contributed by atoms with Crippen molar-refractivity contribution in [2.45, 2.75) is 38.5 Å². The number of nitrogens with zero attached hydrogens (tertiary/aromatic N) is 1. The minimum Gasteiger partial charge on any atom is -0.310 e. The van der Waals surface area contributed by atoms with Crippen molar-refractivity contribution in [3.8, 4) is 11.1 Å². The molecule has 7 rings (SSSR count). The summed E-state index contributed by atoms with van der Waals surface area (Å²) in [4.78, 5) is 2.35. The van der Waals surface area contributed by atoms with E-state index in [1.165, 1.54) is 48.1 Å². The zero-order valence-electron chi connectivity index (χ0n) is 22.3. The minimum atomic E-state index is -0.00312. The Morgan fingerprint density at radius 3 is 1.74 bits per heavy atom. The number of rotatable bonds is 3. The van der Waals surface area contributed by atoms with Crippen molar-refractivity contribution in [2.24, 2.45) is 0 Å². The first-order valence-electron chi connectivity index (χ1n) is 13.4. The van der Waals surface area contributed by atoms with E-state index in [9.17, 15) is 0 Å². The number of fused-ring (bicyclic) bond motifs is 6. The van der Waals surface area contributed by atoms with Gasteiger partial charge in [-0.2, -0.15) is 0 Å². The molecule has 1 aromatic heterocycles. The SMILES string of the molecule is CC1(C)c2ccccc2-c2cc3sc4ccc(N(c5ccccc5)c5ccccc5)cc4c3cc2C1(C)C. The molecule has 5 aromatic carbocycles. The van der Waals surface area contributed by atoms with Crippen LogP contribution in [-0.4, -0.2) is 0 Å².